The van der Waals surface area contributed by atoms with E-state index in [-0.39, 0.29) is 0 Å². The van der Waals surface area contributed by atoms with E-state index in [2.05, 4.69) is 62.5 Å². The maximum atomic E-state index is 2.22. The first kappa shape index (κ1) is 13.0. The van der Waals surface area contributed by atoms with Crippen LogP contribution in [0.2, 0.25) is 0 Å². The molecule has 0 amide bonds. The van der Waals surface area contributed by atoms with Crippen molar-refractivity contribution in [2.24, 2.45) is 0 Å². The highest BCUT2D eigenvalue weighted by molar-refractivity contribution is 5.15. The number of hydrogen-bond donors (Lipinski definition) is 0. The SMILES string of the molecule is CCC=CC=CC=CC=CCCCC. The van der Waals surface area contributed by atoms with Gasteiger partial charge in [-0.15, -0.1) is 0 Å². The van der Waals surface area contributed by atoms with Crippen LogP contribution in [0.1, 0.15) is 39.5 Å². The van der Waals surface area contributed by atoms with E-state index in [9.17, 15) is 0 Å². The Labute approximate surface area is 88.7 Å². The second-order valence-corrected chi connectivity index (χ2v) is 3.18. The van der Waals surface area contributed by atoms with Crippen LogP contribution in [0, 0.1) is 0 Å². The van der Waals surface area contributed by atoms with E-state index in [0.717, 1.165) is 6.42 Å². The Balaban J connectivity index is 3.47. The van der Waals surface area contributed by atoms with Crippen molar-refractivity contribution in [1.82, 2.24) is 0 Å². The maximum Gasteiger partial charge on any atom is -0.0348 e. The molecule has 0 unspecified atom stereocenters. The molecule has 0 aliphatic rings. The minimum atomic E-state index is 1.10. The molecule has 0 heterocycles. The van der Waals surface area contributed by atoms with Crippen LogP contribution in [0.5, 0.6) is 0 Å². The Kier molecular flexibility index (Phi) is 11.1. The largest absolute Gasteiger partial charge is 0.0848 e. The fraction of sp³-hybridized carbons (Fsp3) is 0.429. The molecule has 0 atom stereocenters. The van der Waals surface area contributed by atoms with Crippen LogP contribution < -0.4 is 0 Å². The fourth-order valence-corrected chi connectivity index (χ4v) is 0.968. The molecule has 0 aromatic heterocycles. The zero-order chi connectivity index (χ0) is 10.5. The average molecular weight is 190 g/mol. The van der Waals surface area contributed by atoms with Gasteiger partial charge in [0.1, 0.15) is 0 Å². The summed E-state index contributed by atoms with van der Waals surface area (Å²) in [4.78, 5) is 0. The molecule has 0 saturated heterocycles. The predicted molar refractivity (Wildman–Crippen MR) is 66.4 cm³/mol. The summed E-state index contributed by atoms with van der Waals surface area (Å²) in [5, 5.41) is 0. The van der Waals surface area contributed by atoms with Gasteiger partial charge in [0.05, 0.1) is 0 Å². The van der Waals surface area contributed by atoms with Crippen LogP contribution in [0.3, 0.4) is 0 Å². The number of rotatable bonds is 7. The second kappa shape index (κ2) is 12.0. The summed E-state index contributed by atoms with van der Waals surface area (Å²) >= 11 is 0. The molecule has 78 valence electrons. The molecule has 0 saturated carbocycles. The normalized spacial score (nSPS) is 13.0. The van der Waals surface area contributed by atoms with E-state index in [4.69, 9.17) is 0 Å². The Hall–Kier alpha value is -1.04. The molecule has 0 heteroatoms. The first-order chi connectivity index (χ1) is 6.91. The molecule has 0 fully saturated rings. The van der Waals surface area contributed by atoms with Gasteiger partial charge in [0, 0.05) is 0 Å². The van der Waals surface area contributed by atoms with Crippen LogP contribution >= 0.6 is 0 Å². The summed E-state index contributed by atoms with van der Waals surface area (Å²) in [5.41, 5.74) is 0. The smallest absolute Gasteiger partial charge is 0.0348 e. The average Bonchev–Trinajstić information content (AvgIpc) is 2.21. The molecule has 0 radical (unpaired) electrons. The van der Waals surface area contributed by atoms with Crippen LogP contribution in [-0.4, -0.2) is 0 Å². The summed E-state index contributed by atoms with van der Waals surface area (Å²) in [7, 11) is 0. The van der Waals surface area contributed by atoms with Crippen LogP contribution in [-0.2, 0) is 0 Å². The summed E-state index contributed by atoms with van der Waals surface area (Å²) in [6, 6.07) is 0. The zero-order valence-corrected chi connectivity index (χ0v) is 9.45. The zero-order valence-electron chi connectivity index (χ0n) is 9.45. The van der Waals surface area contributed by atoms with E-state index in [1.807, 2.05) is 0 Å². The van der Waals surface area contributed by atoms with Crippen LogP contribution in [0.25, 0.3) is 0 Å². The van der Waals surface area contributed by atoms with Crippen molar-refractivity contribution in [3.8, 4) is 0 Å². The monoisotopic (exact) mass is 190 g/mol. The van der Waals surface area contributed by atoms with E-state index < -0.39 is 0 Å². The molecular weight excluding hydrogens is 168 g/mol. The molecule has 0 rings (SSSR count). The minimum Gasteiger partial charge on any atom is -0.0848 e. The first-order valence-electron chi connectivity index (χ1n) is 5.56. The van der Waals surface area contributed by atoms with Crippen molar-refractivity contribution < 1.29 is 0 Å². The Morgan fingerprint density at radius 2 is 1.29 bits per heavy atom. The minimum absolute atomic E-state index is 1.10. The van der Waals surface area contributed by atoms with E-state index >= 15 is 0 Å². The van der Waals surface area contributed by atoms with Crippen molar-refractivity contribution in [2.45, 2.75) is 39.5 Å². The second-order valence-electron chi connectivity index (χ2n) is 3.18. The van der Waals surface area contributed by atoms with Crippen molar-refractivity contribution >= 4 is 0 Å². The lowest BCUT2D eigenvalue weighted by Gasteiger charge is -1.85. The topological polar surface area (TPSA) is 0 Å². The molecule has 0 bridgehead atoms. The van der Waals surface area contributed by atoms with E-state index in [1.165, 1.54) is 19.3 Å². The molecule has 0 aromatic carbocycles. The van der Waals surface area contributed by atoms with Crippen LogP contribution in [0.15, 0.2) is 48.6 Å². The maximum absolute atomic E-state index is 2.22. The van der Waals surface area contributed by atoms with Crippen LogP contribution in [0.4, 0.5) is 0 Å². The van der Waals surface area contributed by atoms with Gasteiger partial charge in [0.25, 0.3) is 0 Å². The van der Waals surface area contributed by atoms with E-state index in [1.54, 1.807) is 0 Å². The fourth-order valence-electron chi connectivity index (χ4n) is 0.968. The lowest BCUT2D eigenvalue weighted by molar-refractivity contribution is 0.815. The van der Waals surface area contributed by atoms with Gasteiger partial charge in [0.2, 0.25) is 0 Å². The van der Waals surface area contributed by atoms with Gasteiger partial charge in [-0.2, -0.15) is 0 Å². The summed E-state index contributed by atoms with van der Waals surface area (Å²) < 4.78 is 0. The van der Waals surface area contributed by atoms with Gasteiger partial charge in [-0.25, -0.2) is 0 Å². The molecule has 0 aliphatic carbocycles. The Morgan fingerprint density at radius 3 is 1.86 bits per heavy atom. The quantitative estimate of drug-likeness (QED) is 0.399. The van der Waals surface area contributed by atoms with Gasteiger partial charge in [-0.1, -0.05) is 75.3 Å². The van der Waals surface area contributed by atoms with Gasteiger partial charge < -0.3 is 0 Å². The summed E-state index contributed by atoms with van der Waals surface area (Å²) in [5.74, 6) is 0. The third-order valence-corrected chi connectivity index (χ3v) is 1.79. The molecule has 0 spiro atoms. The highest BCUT2D eigenvalue weighted by atomic mass is 13.8. The third kappa shape index (κ3) is 11.0. The summed E-state index contributed by atoms with van der Waals surface area (Å²) in [6.07, 6.45) is 21.6. The van der Waals surface area contributed by atoms with Gasteiger partial charge in [-0.3, -0.25) is 0 Å². The van der Waals surface area contributed by atoms with Crippen molar-refractivity contribution in [2.75, 3.05) is 0 Å². The van der Waals surface area contributed by atoms with Gasteiger partial charge >= 0.3 is 0 Å². The molecule has 0 N–H and O–H groups in total. The highest BCUT2D eigenvalue weighted by Crippen LogP contribution is 1.94. The summed E-state index contributed by atoms with van der Waals surface area (Å²) in [6.45, 7) is 4.35. The van der Waals surface area contributed by atoms with Gasteiger partial charge in [0.15, 0.2) is 0 Å². The highest BCUT2D eigenvalue weighted by Gasteiger charge is 1.74. The van der Waals surface area contributed by atoms with Gasteiger partial charge in [-0.05, 0) is 12.8 Å². The number of unbranched alkanes of at least 4 members (excludes halogenated alkanes) is 2. The lowest BCUT2D eigenvalue weighted by Crippen LogP contribution is -1.64. The standard InChI is InChI=1S/C14H22/c1-3-5-7-9-11-13-14-12-10-8-6-4-2/h5,7,9-14H,3-4,6,8H2,1-2H3. The van der Waals surface area contributed by atoms with Crippen molar-refractivity contribution in [3.05, 3.63) is 48.6 Å². The van der Waals surface area contributed by atoms with E-state index in [0.29, 0.717) is 0 Å². The first-order valence-corrected chi connectivity index (χ1v) is 5.56. The predicted octanol–water partition coefficient (Wildman–Crippen LogP) is 4.81. The molecule has 14 heavy (non-hydrogen) atoms. The molecular formula is C14H22. The van der Waals surface area contributed by atoms with Crippen molar-refractivity contribution in [1.29, 1.82) is 0 Å². The van der Waals surface area contributed by atoms with Crippen molar-refractivity contribution in [3.63, 3.8) is 0 Å². The Morgan fingerprint density at radius 1 is 0.714 bits per heavy atom. The molecule has 0 nitrogen and oxygen atoms in total. The third-order valence-electron chi connectivity index (χ3n) is 1.79. The number of allylic oxidation sites excluding steroid dienone is 8. The Bertz CT molecular complexity index is 204. The number of hydrogen-bond acceptors (Lipinski definition) is 0. The molecule has 0 aromatic rings. The lowest BCUT2D eigenvalue weighted by atomic mass is 10.2. The molecule has 0 aliphatic heterocycles.